The number of benzene rings is 1. The lowest BCUT2D eigenvalue weighted by Gasteiger charge is -2.11. The van der Waals surface area contributed by atoms with Gasteiger partial charge in [-0.2, -0.15) is 0 Å². The van der Waals surface area contributed by atoms with Gasteiger partial charge in [-0.25, -0.2) is 0 Å². The second kappa shape index (κ2) is 6.37. The van der Waals surface area contributed by atoms with Gasteiger partial charge in [0.05, 0.1) is 10.0 Å². The predicted molar refractivity (Wildman–Crippen MR) is 67.7 cm³/mol. The van der Waals surface area contributed by atoms with E-state index in [-0.39, 0.29) is 6.04 Å². The van der Waals surface area contributed by atoms with Gasteiger partial charge in [0.2, 0.25) is 0 Å². The van der Waals surface area contributed by atoms with Crippen molar-refractivity contribution in [2.24, 2.45) is 5.73 Å². The summed E-state index contributed by atoms with van der Waals surface area (Å²) in [6.45, 7) is 2.15. The molecule has 0 bridgehead atoms. The van der Waals surface area contributed by atoms with Crippen LogP contribution in [0.1, 0.15) is 31.7 Å². The fourth-order valence-corrected chi connectivity index (χ4v) is 2.01. The molecule has 0 aromatic heterocycles. The molecule has 0 heterocycles. The summed E-state index contributed by atoms with van der Waals surface area (Å²) in [5.41, 5.74) is 7.04. The van der Waals surface area contributed by atoms with Crippen LogP contribution in [0, 0.1) is 0 Å². The normalized spacial score (nSPS) is 12.8. The van der Waals surface area contributed by atoms with Gasteiger partial charge in [-0.05, 0) is 30.9 Å². The summed E-state index contributed by atoms with van der Waals surface area (Å²) in [5, 5.41) is 1.29. The minimum Gasteiger partial charge on any atom is -0.328 e. The average molecular weight is 246 g/mol. The number of hydrogen-bond donors (Lipinski definition) is 1. The maximum atomic E-state index is 6.08. The smallest absolute Gasteiger partial charge is 0.0624 e. The third-order valence-corrected chi connectivity index (χ3v) is 3.33. The summed E-state index contributed by atoms with van der Waals surface area (Å²) in [5.74, 6) is 0. The van der Waals surface area contributed by atoms with Crippen molar-refractivity contribution in [3.05, 3.63) is 33.8 Å². The Kier molecular flexibility index (Phi) is 5.44. The van der Waals surface area contributed by atoms with Gasteiger partial charge in [-0.15, -0.1) is 0 Å². The molecule has 0 amide bonds. The van der Waals surface area contributed by atoms with E-state index in [1.807, 2.05) is 12.1 Å². The third kappa shape index (κ3) is 4.02. The van der Waals surface area contributed by atoms with E-state index < -0.39 is 0 Å². The van der Waals surface area contributed by atoms with E-state index in [2.05, 4.69) is 6.92 Å². The highest BCUT2D eigenvalue weighted by Crippen LogP contribution is 2.26. The van der Waals surface area contributed by atoms with Gasteiger partial charge in [0, 0.05) is 6.04 Å². The number of aryl methyl sites for hydroxylation is 1. The molecule has 1 unspecified atom stereocenters. The summed E-state index contributed by atoms with van der Waals surface area (Å²) in [4.78, 5) is 0. The second-order valence-corrected chi connectivity index (χ2v) is 4.59. The highest BCUT2D eigenvalue weighted by molar-refractivity contribution is 6.42. The quantitative estimate of drug-likeness (QED) is 0.833. The molecule has 0 aliphatic carbocycles. The van der Waals surface area contributed by atoms with Crippen molar-refractivity contribution in [1.29, 1.82) is 0 Å². The Bertz CT molecular complexity index is 312. The molecule has 84 valence electrons. The van der Waals surface area contributed by atoms with Crippen LogP contribution in [-0.2, 0) is 6.42 Å². The van der Waals surface area contributed by atoms with Crippen molar-refractivity contribution < 1.29 is 0 Å². The standard InChI is InChI=1S/C12H17Cl2N/c1-2-4-10(15)8-7-9-5-3-6-11(13)12(9)14/h3,5-6,10H,2,4,7-8,15H2,1H3. The van der Waals surface area contributed by atoms with E-state index in [1.54, 1.807) is 6.07 Å². The van der Waals surface area contributed by atoms with E-state index in [1.165, 1.54) is 0 Å². The molecule has 0 spiro atoms. The van der Waals surface area contributed by atoms with Crippen molar-refractivity contribution in [3.8, 4) is 0 Å². The molecule has 3 heteroatoms. The second-order valence-electron chi connectivity index (χ2n) is 3.80. The SMILES string of the molecule is CCCC(N)CCc1cccc(Cl)c1Cl. The molecule has 0 aliphatic heterocycles. The van der Waals surface area contributed by atoms with Crippen LogP contribution >= 0.6 is 23.2 Å². The summed E-state index contributed by atoms with van der Waals surface area (Å²) >= 11 is 12.0. The molecule has 1 nitrogen and oxygen atoms in total. The molecule has 0 saturated carbocycles. The molecule has 1 rings (SSSR count). The van der Waals surface area contributed by atoms with Crippen molar-refractivity contribution >= 4 is 23.2 Å². The molecular formula is C12H17Cl2N. The predicted octanol–water partition coefficient (Wildman–Crippen LogP) is 4.05. The number of hydrogen-bond acceptors (Lipinski definition) is 1. The number of nitrogens with two attached hydrogens (primary N) is 1. The Labute approximate surface area is 102 Å². The highest BCUT2D eigenvalue weighted by Gasteiger charge is 2.06. The Morgan fingerprint density at radius 1 is 1.27 bits per heavy atom. The number of halogens is 2. The van der Waals surface area contributed by atoms with Crippen LogP contribution in [0.4, 0.5) is 0 Å². The lowest BCUT2D eigenvalue weighted by atomic mass is 10.0. The van der Waals surface area contributed by atoms with Crippen molar-refractivity contribution in [3.63, 3.8) is 0 Å². The summed E-state index contributed by atoms with van der Waals surface area (Å²) < 4.78 is 0. The van der Waals surface area contributed by atoms with Gasteiger partial charge < -0.3 is 5.73 Å². The minimum absolute atomic E-state index is 0.269. The first kappa shape index (κ1) is 12.8. The molecule has 1 aromatic carbocycles. The Balaban J connectivity index is 2.54. The zero-order valence-corrected chi connectivity index (χ0v) is 10.5. The summed E-state index contributed by atoms with van der Waals surface area (Å²) in [6.07, 6.45) is 4.07. The first-order valence-corrected chi connectivity index (χ1v) is 6.09. The van der Waals surface area contributed by atoms with Crippen molar-refractivity contribution in [2.45, 2.75) is 38.6 Å². The van der Waals surface area contributed by atoms with Crippen molar-refractivity contribution in [2.75, 3.05) is 0 Å². The minimum atomic E-state index is 0.269. The fourth-order valence-electron chi connectivity index (χ4n) is 1.60. The fraction of sp³-hybridized carbons (Fsp3) is 0.500. The first-order chi connectivity index (χ1) is 7.15. The van der Waals surface area contributed by atoms with E-state index in [0.717, 1.165) is 31.2 Å². The number of rotatable bonds is 5. The topological polar surface area (TPSA) is 26.0 Å². The summed E-state index contributed by atoms with van der Waals surface area (Å²) in [7, 11) is 0. The molecule has 15 heavy (non-hydrogen) atoms. The lowest BCUT2D eigenvalue weighted by Crippen LogP contribution is -2.20. The molecule has 0 fully saturated rings. The monoisotopic (exact) mass is 245 g/mol. The third-order valence-electron chi connectivity index (χ3n) is 2.48. The van der Waals surface area contributed by atoms with Gasteiger partial charge >= 0.3 is 0 Å². The van der Waals surface area contributed by atoms with Gasteiger partial charge in [0.1, 0.15) is 0 Å². The van der Waals surface area contributed by atoms with Gasteiger partial charge in [0.15, 0.2) is 0 Å². The van der Waals surface area contributed by atoms with Crippen LogP contribution in [0.5, 0.6) is 0 Å². The van der Waals surface area contributed by atoms with Gasteiger partial charge in [0.25, 0.3) is 0 Å². The van der Waals surface area contributed by atoms with Crippen LogP contribution in [0.2, 0.25) is 10.0 Å². The molecule has 0 aliphatic rings. The van der Waals surface area contributed by atoms with Crippen LogP contribution in [0.15, 0.2) is 18.2 Å². The molecule has 2 N–H and O–H groups in total. The van der Waals surface area contributed by atoms with E-state index in [9.17, 15) is 0 Å². The molecule has 1 atom stereocenters. The lowest BCUT2D eigenvalue weighted by molar-refractivity contribution is 0.561. The van der Waals surface area contributed by atoms with Gasteiger partial charge in [-0.3, -0.25) is 0 Å². The van der Waals surface area contributed by atoms with Crippen LogP contribution in [0.3, 0.4) is 0 Å². The Hall–Kier alpha value is -0.240. The zero-order valence-electron chi connectivity index (χ0n) is 8.97. The largest absolute Gasteiger partial charge is 0.328 e. The molecule has 0 saturated heterocycles. The zero-order chi connectivity index (χ0) is 11.3. The average Bonchev–Trinajstić information content (AvgIpc) is 2.21. The maximum Gasteiger partial charge on any atom is 0.0624 e. The van der Waals surface area contributed by atoms with Crippen LogP contribution < -0.4 is 5.73 Å². The van der Waals surface area contributed by atoms with Crippen LogP contribution in [0.25, 0.3) is 0 Å². The molecule has 1 aromatic rings. The Morgan fingerprint density at radius 3 is 2.67 bits per heavy atom. The Morgan fingerprint density at radius 2 is 2.00 bits per heavy atom. The maximum absolute atomic E-state index is 6.08. The summed E-state index contributed by atoms with van der Waals surface area (Å²) in [6, 6.07) is 6.01. The van der Waals surface area contributed by atoms with E-state index in [4.69, 9.17) is 28.9 Å². The molecular weight excluding hydrogens is 229 g/mol. The van der Waals surface area contributed by atoms with E-state index >= 15 is 0 Å². The highest BCUT2D eigenvalue weighted by atomic mass is 35.5. The van der Waals surface area contributed by atoms with Crippen molar-refractivity contribution in [1.82, 2.24) is 0 Å². The van der Waals surface area contributed by atoms with Gasteiger partial charge in [-0.1, -0.05) is 48.7 Å². The van der Waals surface area contributed by atoms with Crippen LogP contribution in [-0.4, -0.2) is 6.04 Å². The molecule has 0 radical (unpaired) electrons. The first-order valence-electron chi connectivity index (χ1n) is 5.33. The van der Waals surface area contributed by atoms with E-state index in [0.29, 0.717) is 10.0 Å².